The first-order valence-electron chi connectivity index (χ1n) is 19.5. The van der Waals surface area contributed by atoms with Crippen molar-refractivity contribution in [3.63, 3.8) is 0 Å². The van der Waals surface area contributed by atoms with Gasteiger partial charge in [-0.2, -0.15) is 15.0 Å². The van der Waals surface area contributed by atoms with E-state index in [-0.39, 0.29) is 0 Å². The second-order valence-electron chi connectivity index (χ2n) is 14.8. The van der Waals surface area contributed by atoms with Gasteiger partial charge in [0.1, 0.15) is 11.5 Å². The molecule has 1 aliphatic heterocycles. The molecule has 4 heterocycles. The molecular formula is C51H33N5OSi. The van der Waals surface area contributed by atoms with Crippen molar-refractivity contribution in [1.29, 1.82) is 0 Å². The molecule has 8 aromatic carbocycles. The van der Waals surface area contributed by atoms with E-state index >= 15 is 0 Å². The lowest BCUT2D eigenvalue weighted by Crippen LogP contribution is -2.76. The number of benzene rings is 8. The number of para-hydroxylation sites is 6. The molecule has 0 radical (unpaired) electrons. The minimum Gasteiger partial charge on any atom is -0.457 e. The van der Waals surface area contributed by atoms with Crippen molar-refractivity contribution in [3.8, 4) is 34.8 Å². The first kappa shape index (κ1) is 32.6. The molecule has 0 bridgehead atoms. The number of fused-ring (bicyclic) bond motifs is 8. The van der Waals surface area contributed by atoms with Crippen LogP contribution in [0.3, 0.4) is 0 Å². The summed E-state index contributed by atoms with van der Waals surface area (Å²) in [5.74, 6) is 3.21. The Morgan fingerprint density at radius 3 is 1.28 bits per heavy atom. The van der Waals surface area contributed by atoms with E-state index in [0.29, 0.717) is 17.7 Å². The highest BCUT2D eigenvalue weighted by atomic mass is 28.3. The molecule has 1 aliphatic rings. The van der Waals surface area contributed by atoms with Gasteiger partial charge in [-0.05, 0) is 57.1 Å². The van der Waals surface area contributed by atoms with Gasteiger partial charge in [0.25, 0.3) is 0 Å². The number of nitrogens with zero attached hydrogens (tertiary/aromatic N) is 5. The van der Waals surface area contributed by atoms with Crippen LogP contribution in [0.2, 0.25) is 0 Å². The third kappa shape index (κ3) is 4.62. The molecule has 11 aromatic rings. The lowest BCUT2D eigenvalue weighted by molar-refractivity contribution is 0.488. The third-order valence-corrected chi connectivity index (χ3v) is 16.6. The summed E-state index contributed by atoms with van der Waals surface area (Å²) in [6.45, 7) is 0. The molecule has 12 rings (SSSR count). The second kappa shape index (κ2) is 12.7. The molecule has 7 heteroatoms. The second-order valence-corrected chi connectivity index (χ2v) is 18.5. The van der Waals surface area contributed by atoms with Gasteiger partial charge in [-0.15, -0.1) is 0 Å². The van der Waals surface area contributed by atoms with Crippen LogP contribution >= 0.6 is 0 Å². The molecule has 0 amide bonds. The maximum absolute atomic E-state index is 7.12. The summed E-state index contributed by atoms with van der Waals surface area (Å²) in [6.07, 6.45) is 0. The predicted octanol–water partition coefficient (Wildman–Crippen LogP) is 9.22. The average molecular weight is 760 g/mol. The topological polar surface area (TPSA) is 57.8 Å². The quantitative estimate of drug-likeness (QED) is 0.164. The average Bonchev–Trinajstić information content (AvgIpc) is 3.82. The van der Waals surface area contributed by atoms with Crippen molar-refractivity contribution >= 4 is 72.4 Å². The molecule has 0 saturated heterocycles. The lowest BCUT2D eigenvalue weighted by Gasteiger charge is -2.40. The fourth-order valence-corrected chi connectivity index (χ4v) is 14.3. The molecule has 0 N–H and O–H groups in total. The van der Waals surface area contributed by atoms with Crippen LogP contribution in [0.1, 0.15) is 0 Å². The molecule has 3 aromatic heterocycles. The zero-order valence-corrected chi connectivity index (χ0v) is 32.2. The molecular weight excluding hydrogens is 727 g/mol. The van der Waals surface area contributed by atoms with Crippen molar-refractivity contribution in [1.82, 2.24) is 24.1 Å². The van der Waals surface area contributed by atoms with Crippen LogP contribution in [0.25, 0.3) is 66.9 Å². The van der Waals surface area contributed by atoms with Crippen molar-refractivity contribution in [3.05, 3.63) is 200 Å². The largest absolute Gasteiger partial charge is 0.457 e. The number of hydrogen-bond donors (Lipinski definition) is 0. The molecule has 0 unspecified atom stereocenters. The van der Waals surface area contributed by atoms with Gasteiger partial charge in [-0.1, -0.05) is 164 Å². The van der Waals surface area contributed by atoms with Crippen LogP contribution in [-0.4, -0.2) is 32.2 Å². The summed E-state index contributed by atoms with van der Waals surface area (Å²) in [5, 5.41) is 9.47. The maximum Gasteiger partial charge on any atom is 0.240 e. The Kier molecular flexibility index (Phi) is 7.15. The first-order valence-corrected chi connectivity index (χ1v) is 21.5. The van der Waals surface area contributed by atoms with Gasteiger partial charge in [0, 0.05) is 21.5 Å². The number of aromatic nitrogens is 5. The van der Waals surface area contributed by atoms with Gasteiger partial charge >= 0.3 is 0 Å². The van der Waals surface area contributed by atoms with Crippen molar-refractivity contribution in [2.45, 2.75) is 0 Å². The van der Waals surface area contributed by atoms with Crippen molar-refractivity contribution in [2.24, 2.45) is 0 Å². The lowest BCUT2D eigenvalue weighted by atomic mass is 10.1. The van der Waals surface area contributed by atoms with Crippen LogP contribution in [-0.2, 0) is 0 Å². The van der Waals surface area contributed by atoms with E-state index < -0.39 is 8.07 Å². The van der Waals surface area contributed by atoms with Crippen LogP contribution < -0.4 is 25.5 Å². The van der Waals surface area contributed by atoms with Gasteiger partial charge in [-0.25, -0.2) is 0 Å². The summed E-state index contributed by atoms with van der Waals surface area (Å²) in [5.41, 5.74) is 4.90. The Hall–Kier alpha value is -7.61. The van der Waals surface area contributed by atoms with Gasteiger partial charge in [-0.3, -0.25) is 9.13 Å². The normalized spacial score (nSPS) is 13.1. The fraction of sp³-hybridized carbons (Fsp3) is 0. The molecule has 6 nitrogen and oxygen atoms in total. The van der Waals surface area contributed by atoms with Gasteiger partial charge in [0.15, 0.2) is 13.9 Å². The van der Waals surface area contributed by atoms with Crippen molar-refractivity contribution < 1.29 is 4.74 Å². The summed E-state index contributed by atoms with van der Waals surface area (Å²) in [6, 6.07) is 70.8. The molecule has 0 atom stereocenters. The molecule has 0 saturated carbocycles. The zero-order chi connectivity index (χ0) is 38.2. The number of hydrogen-bond acceptors (Lipinski definition) is 4. The van der Waals surface area contributed by atoms with E-state index in [1.807, 2.05) is 0 Å². The monoisotopic (exact) mass is 759 g/mol. The molecule has 0 fully saturated rings. The zero-order valence-electron chi connectivity index (χ0n) is 31.2. The highest BCUT2D eigenvalue weighted by molar-refractivity contribution is 7.20. The minimum absolute atomic E-state index is 0.530. The number of ether oxygens (including phenoxy) is 1. The third-order valence-electron chi connectivity index (χ3n) is 11.7. The fourth-order valence-electron chi connectivity index (χ4n) is 9.35. The Morgan fingerprint density at radius 1 is 0.362 bits per heavy atom. The van der Waals surface area contributed by atoms with E-state index in [1.165, 1.54) is 15.6 Å². The summed E-state index contributed by atoms with van der Waals surface area (Å²) in [4.78, 5) is 16.3. The smallest absolute Gasteiger partial charge is 0.240 e. The van der Waals surface area contributed by atoms with Crippen LogP contribution in [0.5, 0.6) is 11.5 Å². The summed E-state index contributed by atoms with van der Waals surface area (Å²) in [7, 11) is -2.93. The van der Waals surface area contributed by atoms with Crippen LogP contribution in [0, 0.1) is 0 Å². The van der Waals surface area contributed by atoms with Gasteiger partial charge in [0.2, 0.25) is 11.9 Å². The minimum atomic E-state index is -2.93. The van der Waals surface area contributed by atoms with Crippen LogP contribution in [0.15, 0.2) is 200 Å². The first-order chi connectivity index (χ1) is 28.8. The molecule has 0 spiro atoms. The van der Waals surface area contributed by atoms with E-state index in [4.69, 9.17) is 19.7 Å². The molecule has 272 valence electrons. The highest BCUT2D eigenvalue weighted by Crippen LogP contribution is 2.38. The molecule has 0 aliphatic carbocycles. The Balaban J connectivity index is 1.20. The van der Waals surface area contributed by atoms with Crippen LogP contribution in [0.4, 0.5) is 0 Å². The summed E-state index contributed by atoms with van der Waals surface area (Å²) >= 11 is 0. The van der Waals surface area contributed by atoms with Crippen molar-refractivity contribution in [2.75, 3.05) is 0 Å². The van der Waals surface area contributed by atoms with E-state index in [9.17, 15) is 0 Å². The molecule has 58 heavy (non-hydrogen) atoms. The Bertz CT molecular complexity index is 3110. The predicted molar refractivity (Wildman–Crippen MR) is 238 cm³/mol. The van der Waals surface area contributed by atoms with Gasteiger partial charge in [0.05, 0.1) is 27.6 Å². The number of rotatable bonds is 5. The summed E-state index contributed by atoms with van der Waals surface area (Å²) < 4.78 is 11.5. The maximum atomic E-state index is 7.12. The SMILES string of the molecule is c1ccc([Si]2(c3ccccc3)c3ccccc3Oc3c(-c4nc(-n5c6ccccc6c6ccccc65)nc(-n5c6ccccc6c6ccccc65)n4)cccc32)cc1. The van der Waals surface area contributed by atoms with E-state index in [0.717, 1.165) is 65.9 Å². The Morgan fingerprint density at radius 2 is 0.776 bits per heavy atom. The van der Waals surface area contributed by atoms with E-state index in [1.54, 1.807) is 0 Å². The van der Waals surface area contributed by atoms with E-state index in [2.05, 4.69) is 209 Å². The Labute approximate surface area is 334 Å². The highest BCUT2D eigenvalue weighted by Gasteiger charge is 2.48. The standard InChI is InChI=1S/C51H33N5OSi/c1-3-18-34(19-4-1)58(35-20-5-2-6-21-35)46-32-16-15-31-45(46)57-48-40(26-17-33-47(48)58)49-52-50(55-41-27-11-7-22-36(41)37-23-8-12-28-42(37)55)54-51(53-49)56-43-29-13-9-24-38(43)39-25-10-14-30-44(39)56/h1-33H. The van der Waals surface area contributed by atoms with Gasteiger partial charge < -0.3 is 4.74 Å².